The fraction of sp³-hybridized carbons (Fsp3) is 0.600. The Kier molecular flexibility index (Phi) is 7.47. The molecule has 0 bridgehead atoms. The molecular formula is C25H32FNO2. The number of hydrogen-bond donors (Lipinski definition) is 0. The van der Waals surface area contributed by atoms with Crippen LogP contribution in [0, 0.1) is 34.4 Å². The molecule has 1 aromatic rings. The summed E-state index contributed by atoms with van der Waals surface area (Å²) in [6.07, 6.45) is 16.3. The van der Waals surface area contributed by atoms with Crippen LogP contribution in [0.2, 0.25) is 0 Å². The van der Waals surface area contributed by atoms with Gasteiger partial charge in [0.05, 0.1) is 11.0 Å². The van der Waals surface area contributed by atoms with Gasteiger partial charge in [0, 0.05) is 6.07 Å². The zero-order valence-corrected chi connectivity index (χ0v) is 17.5. The van der Waals surface area contributed by atoms with E-state index in [9.17, 15) is 9.18 Å². The molecule has 2 aliphatic rings. The van der Waals surface area contributed by atoms with E-state index in [1.165, 1.54) is 37.8 Å². The molecule has 0 heterocycles. The first-order chi connectivity index (χ1) is 14.1. The molecule has 156 valence electrons. The number of carbonyl (C=O) groups is 1. The second-order valence-corrected chi connectivity index (χ2v) is 8.72. The maximum Gasteiger partial charge on any atom is 0.317 e. The van der Waals surface area contributed by atoms with Crippen molar-refractivity contribution in [2.24, 2.45) is 17.3 Å². The Morgan fingerprint density at radius 1 is 1.24 bits per heavy atom. The van der Waals surface area contributed by atoms with E-state index in [0.29, 0.717) is 5.92 Å². The van der Waals surface area contributed by atoms with E-state index in [0.717, 1.165) is 56.9 Å². The molecule has 2 saturated carbocycles. The summed E-state index contributed by atoms with van der Waals surface area (Å²) in [5, 5.41) is 8.89. The summed E-state index contributed by atoms with van der Waals surface area (Å²) in [4.78, 5) is 13.3. The van der Waals surface area contributed by atoms with Crippen LogP contribution in [-0.2, 0) is 4.79 Å². The summed E-state index contributed by atoms with van der Waals surface area (Å²) in [5.41, 5.74) is -0.467. The first kappa shape index (κ1) is 21.6. The van der Waals surface area contributed by atoms with Crippen LogP contribution >= 0.6 is 0 Å². The van der Waals surface area contributed by atoms with Crippen LogP contribution in [-0.4, -0.2) is 5.97 Å². The van der Waals surface area contributed by atoms with Gasteiger partial charge in [-0.1, -0.05) is 44.3 Å². The molecule has 0 aliphatic heterocycles. The second-order valence-electron chi connectivity index (χ2n) is 8.72. The molecule has 0 spiro atoms. The van der Waals surface area contributed by atoms with E-state index in [-0.39, 0.29) is 17.3 Å². The van der Waals surface area contributed by atoms with Gasteiger partial charge in [0.25, 0.3) is 0 Å². The lowest BCUT2D eigenvalue weighted by molar-refractivity contribution is -0.153. The number of benzene rings is 1. The number of nitrogens with zero attached hydrogens (tertiary/aromatic N) is 1. The molecule has 1 aromatic carbocycles. The lowest BCUT2D eigenvalue weighted by atomic mass is 9.60. The minimum atomic E-state index is -0.642. The van der Waals surface area contributed by atoms with Gasteiger partial charge in [-0.2, -0.15) is 5.26 Å². The quantitative estimate of drug-likeness (QED) is 0.304. The third kappa shape index (κ3) is 5.07. The van der Waals surface area contributed by atoms with Crippen LogP contribution in [0.1, 0.15) is 83.1 Å². The Morgan fingerprint density at radius 2 is 1.97 bits per heavy atom. The van der Waals surface area contributed by atoms with Crippen molar-refractivity contribution in [3.8, 4) is 11.8 Å². The monoisotopic (exact) mass is 397 g/mol. The van der Waals surface area contributed by atoms with Gasteiger partial charge in [-0.3, -0.25) is 4.79 Å². The number of esters is 1. The molecule has 3 nitrogen and oxygen atoms in total. The van der Waals surface area contributed by atoms with Crippen molar-refractivity contribution in [3.63, 3.8) is 0 Å². The standard InChI is InChI=1S/C25H32FNO2/c1-2-3-5-8-19-9-12-21(13-10-19)25(15-6-4-7-16-25)24(28)29-22-14-11-20(18-27)23(26)17-22/h2-3,11,14,17,19,21H,4-10,12-13,15-16H2,1H3/b3-2+/t19-,21-. The van der Waals surface area contributed by atoms with Crippen molar-refractivity contribution in [2.75, 3.05) is 0 Å². The fourth-order valence-corrected chi connectivity index (χ4v) is 5.32. The Hall–Kier alpha value is -2.15. The molecule has 0 radical (unpaired) electrons. The van der Waals surface area contributed by atoms with Crippen molar-refractivity contribution in [2.45, 2.75) is 77.6 Å². The number of rotatable bonds is 6. The normalized spacial score (nSPS) is 24.2. The smallest absolute Gasteiger partial charge is 0.317 e. The number of ether oxygens (including phenoxy) is 1. The highest BCUT2D eigenvalue weighted by Gasteiger charge is 2.48. The van der Waals surface area contributed by atoms with Crippen LogP contribution in [0.25, 0.3) is 0 Å². The summed E-state index contributed by atoms with van der Waals surface area (Å²) < 4.78 is 19.6. The van der Waals surface area contributed by atoms with E-state index in [1.54, 1.807) is 6.07 Å². The van der Waals surface area contributed by atoms with Gasteiger partial charge in [-0.15, -0.1) is 0 Å². The lowest BCUT2D eigenvalue weighted by Gasteiger charge is -2.44. The van der Waals surface area contributed by atoms with Gasteiger partial charge in [-0.05, 0) is 69.4 Å². The number of nitriles is 1. The van der Waals surface area contributed by atoms with Crippen LogP contribution in [0.5, 0.6) is 5.75 Å². The summed E-state index contributed by atoms with van der Waals surface area (Å²) in [7, 11) is 0. The molecule has 0 aromatic heterocycles. The average molecular weight is 398 g/mol. The van der Waals surface area contributed by atoms with Crippen LogP contribution in [0.3, 0.4) is 0 Å². The minimum absolute atomic E-state index is 0.0339. The van der Waals surface area contributed by atoms with Gasteiger partial charge in [0.2, 0.25) is 0 Å². The van der Waals surface area contributed by atoms with Crippen LogP contribution in [0.4, 0.5) is 4.39 Å². The first-order valence-corrected chi connectivity index (χ1v) is 11.1. The maximum atomic E-state index is 13.9. The zero-order chi connectivity index (χ0) is 20.7. The summed E-state index contributed by atoms with van der Waals surface area (Å²) in [5.74, 6) is 0.482. The number of carbonyl (C=O) groups excluding carboxylic acids is 1. The average Bonchev–Trinajstić information content (AvgIpc) is 2.75. The number of halogens is 1. The Labute approximate surface area is 173 Å². The topological polar surface area (TPSA) is 50.1 Å². The van der Waals surface area contributed by atoms with Crippen LogP contribution in [0.15, 0.2) is 30.4 Å². The number of hydrogen-bond acceptors (Lipinski definition) is 3. The molecule has 0 saturated heterocycles. The molecule has 0 N–H and O–H groups in total. The van der Waals surface area contributed by atoms with Crippen LogP contribution < -0.4 is 4.74 Å². The highest BCUT2D eigenvalue weighted by Crippen LogP contribution is 2.50. The van der Waals surface area contributed by atoms with Gasteiger partial charge in [-0.25, -0.2) is 4.39 Å². The zero-order valence-electron chi connectivity index (χ0n) is 17.5. The fourth-order valence-electron chi connectivity index (χ4n) is 5.32. The Balaban J connectivity index is 1.69. The van der Waals surface area contributed by atoms with E-state index in [1.807, 2.05) is 0 Å². The van der Waals surface area contributed by atoms with Gasteiger partial charge in [0.1, 0.15) is 17.6 Å². The Morgan fingerprint density at radius 3 is 2.59 bits per heavy atom. The van der Waals surface area contributed by atoms with E-state index in [4.69, 9.17) is 10.00 Å². The Bertz CT molecular complexity index is 766. The highest BCUT2D eigenvalue weighted by atomic mass is 19.1. The molecule has 2 fully saturated rings. The molecule has 3 rings (SSSR count). The van der Waals surface area contributed by atoms with Crippen molar-refractivity contribution in [3.05, 3.63) is 41.7 Å². The SMILES string of the molecule is C/C=C/CC[C@H]1CC[C@H](C2(C(=O)Oc3ccc(C#N)c(F)c3)CCCCC2)CC1. The molecule has 4 heteroatoms. The van der Waals surface area contributed by atoms with E-state index in [2.05, 4.69) is 19.1 Å². The van der Waals surface area contributed by atoms with Crippen molar-refractivity contribution in [1.29, 1.82) is 5.26 Å². The predicted octanol–water partition coefficient (Wildman–Crippen LogP) is 6.72. The molecule has 0 unspecified atom stereocenters. The van der Waals surface area contributed by atoms with E-state index < -0.39 is 11.2 Å². The lowest BCUT2D eigenvalue weighted by Crippen LogP contribution is -2.44. The van der Waals surface area contributed by atoms with Crippen molar-refractivity contribution in [1.82, 2.24) is 0 Å². The second kappa shape index (κ2) is 10.1. The molecule has 2 aliphatic carbocycles. The van der Waals surface area contributed by atoms with Crippen molar-refractivity contribution >= 4 is 5.97 Å². The van der Waals surface area contributed by atoms with E-state index >= 15 is 0 Å². The maximum absolute atomic E-state index is 13.9. The summed E-state index contributed by atoms with van der Waals surface area (Å²) in [6, 6.07) is 5.86. The first-order valence-electron chi connectivity index (χ1n) is 11.1. The minimum Gasteiger partial charge on any atom is -0.426 e. The summed E-state index contributed by atoms with van der Waals surface area (Å²) in [6.45, 7) is 2.06. The third-order valence-electron chi connectivity index (χ3n) is 7.03. The van der Waals surface area contributed by atoms with Crippen molar-refractivity contribution < 1.29 is 13.9 Å². The molecule has 29 heavy (non-hydrogen) atoms. The predicted molar refractivity (Wildman–Crippen MR) is 112 cm³/mol. The largest absolute Gasteiger partial charge is 0.426 e. The molecule has 0 atom stereocenters. The third-order valence-corrected chi connectivity index (χ3v) is 7.03. The highest BCUT2D eigenvalue weighted by molar-refractivity contribution is 5.79. The summed E-state index contributed by atoms with van der Waals surface area (Å²) >= 11 is 0. The molecule has 0 amide bonds. The van der Waals surface area contributed by atoms with Gasteiger partial charge in [0.15, 0.2) is 0 Å². The number of allylic oxidation sites excluding steroid dienone is 2. The molecular weight excluding hydrogens is 365 g/mol. The van der Waals surface area contributed by atoms with Gasteiger partial charge >= 0.3 is 5.97 Å². The van der Waals surface area contributed by atoms with Gasteiger partial charge < -0.3 is 4.74 Å².